The molecule has 6 heteroatoms. The Morgan fingerprint density at radius 2 is 1.83 bits per heavy atom. The highest BCUT2D eigenvalue weighted by molar-refractivity contribution is 5.94. The van der Waals surface area contributed by atoms with E-state index in [2.05, 4.69) is 0 Å². The van der Waals surface area contributed by atoms with Crippen LogP contribution >= 0.6 is 0 Å². The quantitative estimate of drug-likeness (QED) is 0.849. The van der Waals surface area contributed by atoms with Crippen molar-refractivity contribution in [2.24, 2.45) is 0 Å². The first-order chi connectivity index (χ1) is 11.1. The third-order valence-corrected chi connectivity index (χ3v) is 3.78. The molecule has 0 aliphatic carbocycles. The van der Waals surface area contributed by atoms with Crippen LogP contribution < -0.4 is 0 Å². The molecule has 0 radical (unpaired) electrons. The molecule has 23 heavy (non-hydrogen) atoms. The Labute approximate surface area is 131 Å². The van der Waals surface area contributed by atoms with Crippen LogP contribution in [0.1, 0.15) is 22.0 Å². The van der Waals surface area contributed by atoms with Gasteiger partial charge in [-0.1, -0.05) is 18.2 Å². The summed E-state index contributed by atoms with van der Waals surface area (Å²) >= 11 is 0. The van der Waals surface area contributed by atoms with Crippen molar-refractivity contribution in [2.75, 3.05) is 19.7 Å². The van der Waals surface area contributed by atoms with Gasteiger partial charge in [0.05, 0.1) is 18.7 Å². The summed E-state index contributed by atoms with van der Waals surface area (Å²) < 4.78 is 45.6. The van der Waals surface area contributed by atoms with Crippen LogP contribution in [-0.2, 0) is 4.74 Å². The number of amides is 1. The maximum absolute atomic E-state index is 13.8. The Bertz CT molecular complexity index is 718. The molecule has 3 rings (SSSR count). The Balaban J connectivity index is 1.79. The van der Waals surface area contributed by atoms with E-state index in [1.54, 1.807) is 12.1 Å². The topological polar surface area (TPSA) is 29.5 Å². The molecule has 0 spiro atoms. The summed E-state index contributed by atoms with van der Waals surface area (Å²) in [6.07, 6.45) is -0.426. The van der Waals surface area contributed by atoms with Gasteiger partial charge >= 0.3 is 0 Å². The Hall–Kier alpha value is -2.34. The van der Waals surface area contributed by atoms with Gasteiger partial charge in [0.1, 0.15) is 11.9 Å². The maximum atomic E-state index is 13.8. The number of carbonyl (C=O) groups excluding carboxylic acids is 1. The second kappa shape index (κ2) is 6.42. The molecule has 1 aliphatic heterocycles. The van der Waals surface area contributed by atoms with E-state index in [1.807, 2.05) is 0 Å². The lowest BCUT2D eigenvalue weighted by atomic mass is 10.1. The first-order valence-electron chi connectivity index (χ1n) is 7.16. The number of rotatable bonds is 2. The van der Waals surface area contributed by atoms with Crippen LogP contribution in [0.2, 0.25) is 0 Å². The molecule has 1 atom stereocenters. The van der Waals surface area contributed by atoms with E-state index < -0.39 is 23.6 Å². The molecule has 3 nitrogen and oxygen atoms in total. The molecule has 1 heterocycles. The number of benzene rings is 2. The largest absolute Gasteiger partial charge is 0.370 e. The molecule has 1 fully saturated rings. The van der Waals surface area contributed by atoms with E-state index >= 15 is 0 Å². The van der Waals surface area contributed by atoms with Crippen molar-refractivity contribution < 1.29 is 22.7 Å². The summed E-state index contributed by atoms with van der Waals surface area (Å²) in [5, 5.41) is 0. The van der Waals surface area contributed by atoms with Crippen LogP contribution in [0, 0.1) is 17.5 Å². The maximum Gasteiger partial charge on any atom is 0.257 e. The summed E-state index contributed by atoms with van der Waals surface area (Å²) in [7, 11) is 0. The predicted molar refractivity (Wildman–Crippen MR) is 77.4 cm³/mol. The van der Waals surface area contributed by atoms with Crippen molar-refractivity contribution in [3.8, 4) is 0 Å². The average molecular weight is 321 g/mol. The Kier molecular flexibility index (Phi) is 4.34. The molecule has 120 valence electrons. The van der Waals surface area contributed by atoms with Crippen LogP contribution in [-0.4, -0.2) is 30.5 Å². The van der Waals surface area contributed by atoms with Crippen molar-refractivity contribution in [3.05, 3.63) is 71.0 Å². The monoisotopic (exact) mass is 321 g/mol. The molecule has 0 saturated carbocycles. The molecule has 2 aromatic carbocycles. The minimum atomic E-state index is -1.15. The molecule has 1 amide bonds. The van der Waals surface area contributed by atoms with Gasteiger partial charge in [-0.05, 0) is 29.8 Å². The average Bonchev–Trinajstić information content (AvgIpc) is 2.57. The van der Waals surface area contributed by atoms with E-state index in [0.717, 1.165) is 11.6 Å². The van der Waals surface area contributed by atoms with Crippen molar-refractivity contribution in [1.29, 1.82) is 0 Å². The number of halogens is 3. The zero-order chi connectivity index (χ0) is 16.4. The highest BCUT2D eigenvalue weighted by Gasteiger charge is 2.28. The minimum absolute atomic E-state index is 0.195. The number of hydrogen-bond donors (Lipinski definition) is 0. The number of nitrogens with zero attached hydrogens (tertiary/aromatic N) is 1. The highest BCUT2D eigenvalue weighted by Crippen LogP contribution is 2.24. The second-order valence-electron chi connectivity index (χ2n) is 5.26. The van der Waals surface area contributed by atoms with Crippen LogP contribution in [0.15, 0.2) is 42.5 Å². The van der Waals surface area contributed by atoms with Gasteiger partial charge in [0.25, 0.3) is 5.91 Å². The van der Waals surface area contributed by atoms with Gasteiger partial charge in [0, 0.05) is 6.54 Å². The molecule has 1 unspecified atom stereocenters. The molecule has 2 aromatic rings. The molecule has 1 aliphatic rings. The molecule has 0 N–H and O–H groups in total. The molecule has 1 saturated heterocycles. The Morgan fingerprint density at radius 3 is 2.57 bits per heavy atom. The van der Waals surface area contributed by atoms with Crippen molar-refractivity contribution in [1.82, 2.24) is 4.90 Å². The van der Waals surface area contributed by atoms with Crippen LogP contribution in [0.5, 0.6) is 0 Å². The third-order valence-electron chi connectivity index (χ3n) is 3.78. The number of ether oxygens (including phenoxy) is 1. The van der Waals surface area contributed by atoms with Crippen molar-refractivity contribution >= 4 is 5.91 Å². The molecular weight excluding hydrogens is 307 g/mol. The van der Waals surface area contributed by atoms with Crippen molar-refractivity contribution in [3.63, 3.8) is 0 Å². The fourth-order valence-electron chi connectivity index (χ4n) is 2.55. The first-order valence-corrected chi connectivity index (χ1v) is 7.16. The third kappa shape index (κ3) is 3.22. The number of hydrogen-bond acceptors (Lipinski definition) is 2. The first kappa shape index (κ1) is 15.6. The van der Waals surface area contributed by atoms with E-state index in [-0.39, 0.29) is 31.1 Å². The molecular formula is C17H14F3NO2. The SMILES string of the molecule is O=C(c1cccc(F)c1F)N1CCOC(c2ccc(F)cc2)C1. The highest BCUT2D eigenvalue weighted by atomic mass is 19.2. The Morgan fingerprint density at radius 1 is 1.09 bits per heavy atom. The summed E-state index contributed by atoms with van der Waals surface area (Å²) in [5.41, 5.74) is 0.424. The zero-order valence-electron chi connectivity index (χ0n) is 12.1. The van der Waals surface area contributed by atoms with E-state index in [0.29, 0.717) is 0 Å². The predicted octanol–water partition coefficient (Wildman–Crippen LogP) is 3.32. The summed E-state index contributed by atoms with van der Waals surface area (Å²) in [4.78, 5) is 13.8. The normalized spacial score (nSPS) is 18.0. The van der Waals surface area contributed by atoms with Gasteiger partial charge in [-0.3, -0.25) is 4.79 Å². The summed E-state index contributed by atoms with van der Waals surface area (Å²) in [6, 6.07) is 9.30. The standard InChI is InChI=1S/C17H14F3NO2/c18-12-6-4-11(5-7-12)15-10-21(8-9-23-15)17(22)13-2-1-3-14(19)16(13)20/h1-7,15H,8-10H2. The smallest absolute Gasteiger partial charge is 0.257 e. The zero-order valence-corrected chi connectivity index (χ0v) is 12.1. The van der Waals surface area contributed by atoms with Gasteiger partial charge in [-0.15, -0.1) is 0 Å². The van der Waals surface area contributed by atoms with Gasteiger partial charge in [-0.25, -0.2) is 13.2 Å². The lowest BCUT2D eigenvalue weighted by Crippen LogP contribution is -2.42. The van der Waals surface area contributed by atoms with Crippen LogP contribution in [0.25, 0.3) is 0 Å². The van der Waals surface area contributed by atoms with Gasteiger partial charge in [0.2, 0.25) is 0 Å². The van der Waals surface area contributed by atoms with Gasteiger partial charge < -0.3 is 9.64 Å². The number of morpholine rings is 1. The lowest BCUT2D eigenvalue weighted by Gasteiger charge is -2.33. The second-order valence-corrected chi connectivity index (χ2v) is 5.26. The molecule has 0 bridgehead atoms. The molecule has 0 aromatic heterocycles. The van der Waals surface area contributed by atoms with Crippen LogP contribution in [0.3, 0.4) is 0 Å². The van der Waals surface area contributed by atoms with E-state index in [4.69, 9.17) is 4.74 Å². The van der Waals surface area contributed by atoms with E-state index in [9.17, 15) is 18.0 Å². The van der Waals surface area contributed by atoms with Gasteiger partial charge in [0.15, 0.2) is 11.6 Å². The fraction of sp³-hybridized carbons (Fsp3) is 0.235. The van der Waals surface area contributed by atoms with E-state index in [1.165, 1.54) is 29.2 Å². The minimum Gasteiger partial charge on any atom is -0.370 e. The fourth-order valence-corrected chi connectivity index (χ4v) is 2.55. The van der Waals surface area contributed by atoms with Gasteiger partial charge in [-0.2, -0.15) is 0 Å². The summed E-state index contributed by atoms with van der Waals surface area (Å²) in [5.74, 6) is -3.15. The number of carbonyl (C=O) groups is 1. The van der Waals surface area contributed by atoms with Crippen LogP contribution in [0.4, 0.5) is 13.2 Å². The summed E-state index contributed by atoms with van der Waals surface area (Å²) in [6.45, 7) is 0.748. The lowest BCUT2D eigenvalue weighted by molar-refractivity contribution is -0.0230. The van der Waals surface area contributed by atoms with Crippen molar-refractivity contribution in [2.45, 2.75) is 6.10 Å².